The second-order valence-electron chi connectivity index (χ2n) is 7.58. The monoisotopic (exact) mass is 417 g/mol. The van der Waals surface area contributed by atoms with Crippen molar-refractivity contribution in [2.24, 2.45) is 5.92 Å². The lowest BCUT2D eigenvalue weighted by Gasteiger charge is -2.38. The topological polar surface area (TPSA) is 79.4 Å². The molecule has 30 heavy (non-hydrogen) atoms. The lowest BCUT2D eigenvalue weighted by molar-refractivity contribution is -0.142. The molecule has 3 amide bonds. The Morgan fingerprint density at radius 3 is 2.17 bits per heavy atom. The van der Waals surface area contributed by atoms with E-state index >= 15 is 0 Å². The largest absolute Gasteiger partial charge is 0.493 e. The van der Waals surface area contributed by atoms with Gasteiger partial charge in [-0.25, -0.2) is 4.79 Å². The van der Waals surface area contributed by atoms with Gasteiger partial charge in [0.25, 0.3) is 0 Å². The zero-order chi connectivity index (χ0) is 21.3. The van der Waals surface area contributed by atoms with Gasteiger partial charge in [-0.1, -0.05) is 18.2 Å². The van der Waals surface area contributed by atoms with Gasteiger partial charge in [-0.05, 0) is 31.9 Å². The van der Waals surface area contributed by atoms with E-state index in [9.17, 15) is 14.4 Å². The van der Waals surface area contributed by atoms with Crippen molar-refractivity contribution in [3.05, 3.63) is 30.3 Å². The third kappa shape index (κ3) is 5.87. The van der Waals surface area contributed by atoms with Crippen molar-refractivity contribution in [1.29, 1.82) is 0 Å². The molecule has 3 rings (SSSR count). The van der Waals surface area contributed by atoms with Crippen LogP contribution in [0, 0.1) is 5.92 Å². The van der Waals surface area contributed by atoms with Crippen molar-refractivity contribution in [2.45, 2.75) is 26.2 Å². The summed E-state index contributed by atoms with van der Waals surface area (Å²) >= 11 is 0. The summed E-state index contributed by atoms with van der Waals surface area (Å²) in [5.74, 6) is 0.916. The molecule has 0 unspecified atom stereocenters. The van der Waals surface area contributed by atoms with Crippen LogP contribution in [0.15, 0.2) is 30.3 Å². The number of amides is 3. The highest BCUT2D eigenvalue weighted by atomic mass is 16.6. The Labute approximate surface area is 177 Å². The molecular weight excluding hydrogens is 386 g/mol. The molecular formula is C22H31N3O5. The predicted octanol–water partition coefficient (Wildman–Crippen LogP) is 1.99. The van der Waals surface area contributed by atoms with Crippen molar-refractivity contribution >= 4 is 17.9 Å². The van der Waals surface area contributed by atoms with Crippen LogP contribution >= 0.6 is 0 Å². The minimum Gasteiger partial charge on any atom is -0.493 e. The van der Waals surface area contributed by atoms with Gasteiger partial charge in [-0.3, -0.25) is 9.59 Å². The van der Waals surface area contributed by atoms with Crippen molar-refractivity contribution in [2.75, 3.05) is 52.5 Å². The first-order valence-corrected chi connectivity index (χ1v) is 10.7. The number of rotatable bonds is 6. The minimum atomic E-state index is -0.312. The van der Waals surface area contributed by atoms with E-state index in [4.69, 9.17) is 9.47 Å². The number of benzene rings is 1. The molecule has 0 N–H and O–H groups in total. The summed E-state index contributed by atoms with van der Waals surface area (Å²) in [6.45, 7) is 5.77. The molecule has 2 aliphatic heterocycles. The highest BCUT2D eigenvalue weighted by molar-refractivity contribution is 5.80. The number of carbonyl (C=O) groups is 3. The van der Waals surface area contributed by atoms with Gasteiger partial charge in [0.15, 0.2) is 0 Å². The third-order valence-corrected chi connectivity index (χ3v) is 5.64. The van der Waals surface area contributed by atoms with Crippen LogP contribution < -0.4 is 4.74 Å². The van der Waals surface area contributed by atoms with Gasteiger partial charge < -0.3 is 24.2 Å². The maximum atomic E-state index is 12.8. The van der Waals surface area contributed by atoms with E-state index in [1.807, 2.05) is 40.1 Å². The fraction of sp³-hybridized carbons (Fsp3) is 0.591. The second-order valence-corrected chi connectivity index (χ2v) is 7.58. The van der Waals surface area contributed by atoms with Crippen molar-refractivity contribution < 1.29 is 23.9 Å². The van der Waals surface area contributed by atoms with Crippen LogP contribution in [0.4, 0.5) is 4.79 Å². The summed E-state index contributed by atoms with van der Waals surface area (Å²) in [5, 5.41) is 0. The molecule has 0 spiro atoms. The Balaban J connectivity index is 1.36. The lowest BCUT2D eigenvalue weighted by atomic mass is 9.94. The molecule has 2 heterocycles. The van der Waals surface area contributed by atoms with Crippen LogP contribution in [0.1, 0.15) is 26.2 Å². The first kappa shape index (κ1) is 21.9. The Morgan fingerprint density at radius 2 is 1.53 bits per heavy atom. The summed E-state index contributed by atoms with van der Waals surface area (Å²) in [4.78, 5) is 42.3. The molecule has 2 aliphatic rings. The van der Waals surface area contributed by atoms with Crippen LogP contribution in [-0.2, 0) is 14.3 Å². The van der Waals surface area contributed by atoms with Gasteiger partial charge >= 0.3 is 6.09 Å². The van der Waals surface area contributed by atoms with Gasteiger partial charge in [-0.15, -0.1) is 0 Å². The predicted molar refractivity (Wildman–Crippen MR) is 111 cm³/mol. The Kier molecular flexibility index (Phi) is 7.93. The first-order valence-electron chi connectivity index (χ1n) is 10.7. The molecule has 0 aromatic heterocycles. The summed E-state index contributed by atoms with van der Waals surface area (Å²) in [7, 11) is 0. The molecule has 2 fully saturated rings. The number of hydrogen-bond acceptors (Lipinski definition) is 5. The minimum absolute atomic E-state index is 0.0521. The molecule has 8 heteroatoms. The van der Waals surface area contributed by atoms with Crippen molar-refractivity contribution in [3.63, 3.8) is 0 Å². The van der Waals surface area contributed by atoms with Crippen LogP contribution in [0.5, 0.6) is 5.75 Å². The molecule has 0 radical (unpaired) electrons. The SMILES string of the molecule is CCOC(=O)N1CCN(C(=O)C2CCN(C(=O)CCOc3ccccc3)CC2)CC1. The van der Waals surface area contributed by atoms with Gasteiger partial charge in [0.1, 0.15) is 5.75 Å². The second kappa shape index (κ2) is 10.8. The maximum absolute atomic E-state index is 12.8. The number of hydrogen-bond donors (Lipinski definition) is 0. The van der Waals surface area contributed by atoms with Crippen molar-refractivity contribution in [1.82, 2.24) is 14.7 Å². The molecule has 0 atom stereocenters. The number of nitrogens with zero attached hydrogens (tertiary/aromatic N) is 3. The Morgan fingerprint density at radius 1 is 0.900 bits per heavy atom. The van der Waals surface area contributed by atoms with Gasteiger partial charge in [0.05, 0.1) is 19.6 Å². The number of likely N-dealkylation sites (tertiary alicyclic amines) is 1. The van der Waals surface area contributed by atoms with E-state index < -0.39 is 0 Å². The first-order chi connectivity index (χ1) is 14.6. The smallest absolute Gasteiger partial charge is 0.409 e. The summed E-state index contributed by atoms with van der Waals surface area (Å²) in [6.07, 6.45) is 1.39. The molecule has 0 bridgehead atoms. The van der Waals surface area contributed by atoms with Gasteiger partial charge in [-0.2, -0.15) is 0 Å². The Bertz CT molecular complexity index is 711. The average molecular weight is 418 g/mol. The van der Waals surface area contributed by atoms with Gasteiger partial charge in [0, 0.05) is 45.2 Å². The average Bonchev–Trinajstić information content (AvgIpc) is 2.79. The number of para-hydroxylation sites is 1. The van der Waals surface area contributed by atoms with E-state index in [0.29, 0.717) is 71.7 Å². The maximum Gasteiger partial charge on any atom is 0.409 e. The molecule has 0 aliphatic carbocycles. The Hall–Kier alpha value is -2.77. The van der Waals surface area contributed by atoms with E-state index in [1.54, 1.807) is 11.8 Å². The molecule has 0 saturated carbocycles. The standard InChI is InChI=1S/C22H31N3O5/c1-2-29-22(28)25-15-13-24(14-16-25)21(27)18-8-11-23(12-9-18)20(26)10-17-30-19-6-4-3-5-7-19/h3-7,18H,2,8-17H2,1H3. The highest BCUT2D eigenvalue weighted by Crippen LogP contribution is 2.21. The van der Waals surface area contributed by atoms with E-state index in [1.165, 1.54) is 0 Å². The number of ether oxygens (including phenoxy) is 2. The van der Waals surface area contributed by atoms with E-state index in [-0.39, 0.29) is 23.8 Å². The zero-order valence-electron chi connectivity index (χ0n) is 17.6. The van der Waals surface area contributed by atoms with Crippen LogP contribution in [0.3, 0.4) is 0 Å². The number of carbonyl (C=O) groups excluding carboxylic acids is 3. The van der Waals surface area contributed by atoms with Crippen LogP contribution in [-0.4, -0.2) is 85.1 Å². The molecule has 164 valence electrons. The summed E-state index contributed by atoms with van der Waals surface area (Å²) in [5.41, 5.74) is 0. The van der Waals surface area contributed by atoms with E-state index in [0.717, 1.165) is 5.75 Å². The molecule has 1 aromatic rings. The zero-order valence-corrected chi connectivity index (χ0v) is 17.6. The number of piperidine rings is 1. The summed E-state index contributed by atoms with van der Waals surface area (Å²) in [6, 6.07) is 9.46. The van der Waals surface area contributed by atoms with Gasteiger partial charge in [0.2, 0.25) is 11.8 Å². The quantitative estimate of drug-likeness (QED) is 0.707. The fourth-order valence-corrected chi connectivity index (χ4v) is 3.89. The molecule has 1 aromatic carbocycles. The van der Waals surface area contributed by atoms with Crippen molar-refractivity contribution in [3.8, 4) is 5.75 Å². The van der Waals surface area contributed by atoms with E-state index in [2.05, 4.69) is 0 Å². The summed E-state index contributed by atoms with van der Waals surface area (Å²) < 4.78 is 10.6. The third-order valence-electron chi connectivity index (χ3n) is 5.64. The number of piperazine rings is 1. The van der Waals surface area contributed by atoms with Crippen LogP contribution in [0.25, 0.3) is 0 Å². The molecule has 2 saturated heterocycles. The fourth-order valence-electron chi connectivity index (χ4n) is 3.89. The molecule has 8 nitrogen and oxygen atoms in total. The lowest BCUT2D eigenvalue weighted by Crippen LogP contribution is -2.53. The van der Waals surface area contributed by atoms with Crippen LogP contribution in [0.2, 0.25) is 0 Å². The highest BCUT2D eigenvalue weighted by Gasteiger charge is 2.32. The normalized spacial score (nSPS) is 17.6.